The molecule has 0 heterocycles. The molecule has 5 aliphatic carbocycles. The molecule has 0 heteroatoms. The van der Waals surface area contributed by atoms with E-state index in [-0.39, 0.29) is 10.8 Å². The van der Waals surface area contributed by atoms with Gasteiger partial charge in [-0.2, -0.15) is 0 Å². The Morgan fingerprint density at radius 2 is 1.55 bits per heavy atom. The summed E-state index contributed by atoms with van der Waals surface area (Å²) in [6, 6.07) is 0. The number of fused-ring (bicyclic) bond motifs is 4. The van der Waals surface area contributed by atoms with Crippen molar-refractivity contribution in [3.8, 4) is 0 Å². The molecule has 0 aliphatic heterocycles. The van der Waals surface area contributed by atoms with E-state index in [9.17, 15) is 0 Å². The van der Waals surface area contributed by atoms with Gasteiger partial charge in [0.15, 0.2) is 0 Å². The standard InChI is InChI=1S/C29H40/c1-17-9-10-27(3,4)24-12-19-11-20-13-26-25(15-23(20)22(19)14-21(17)24)28(5,6)16-18(2)29(26,7)8/h11-13,16-17,21-23H,9-10,14-15H2,1-8H3. The van der Waals surface area contributed by atoms with Crippen molar-refractivity contribution in [1.29, 1.82) is 0 Å². The Labute approximate surface area is 178 Å². The first kappa shape index (κ1) is 19.7. The summed E-state index contributed by atoms with van der Waals surface area (Å²) in [5.74, 6) is 3.10. The zero-order valence-corrected chi connectivity index (χ0v) is 19.9. The van der Waals surface area contributed by atoms with E-state index in [1.54, 1.807) is 27.9 Å². The highest BCUT2D eigenvalue weighted by molar-refractivity contribution is 5.57. The van der Waals surface area contributed by atoms with Crippen molar-refractivity contribution in [3.05, 3.63) is 57.7 Å². The summed E-state index contributed by atoms with van der Waals surface area (Å²) in [5, 5.41) is 0. The van der Waals surface area contributed by atoms with Crippen molar-refractivity contribution in [2.24, 2.45) is 39.9 Å². The van der Waals surface area contributed by atoms with Crippen LogP contribution in [0.1, 0.15) is 81.1 Å². The van der Waals surface area contributed by atoms with Crippen LogP contribution in [-0.4, -0.2) is 0 Å². The first-order chi connectivity index (χ1) is 13.4. The maximum absolute atomic E-state index is 2.66. The van der Waals surface area contributed by atoms with Crippen LogP contribution in [0.2, 0.25) is 0 Å². The maximum Gasteiger partial charge on any atom is 0.0103 e. The fourth-order valence-electron chi connectivity index (χ4n) is 7.36. The second-order valence-corrected chi connectivity index (χ2v) is 12.6. The monoisotopic (exact) mass is 388 g/mol. The molecule has 5 rings (SSSR count). The molecule has 156 valence electrons. The molecule has 0 N–H and O–H groups in total. The van der Waals surface area contributed by atoms with Gasteiger partial charge in [0, 0.05) is 10.8 Å². The fraction of sp³-hybridized carbons (Fsp3) is 0.655. The molecule has 0 saturated heterocycles. The van der Waals surface area contributed by atoms with Gasteiger partial charge in [-0.15, -0.1) is 0 Å². The molecule has 0 aromatic carbocycles. The smallest absolute Gasteiger partial charge is 0.0103 e. The molecule has 5 aliphatic rings. The van der Waals surface area contributed by atoms with Crippen LogP contribution in [0.3, 0.4) is 0 Å². The Morgan fingerprint density at radius 3 is 2.28 bits per heavy atom. The Morgan fingerprint density at radius 1 is 0.862 bits per heavy atom. The number of hydrogen-bond acceptors (Lipinski definition) is 0. The lowest BCUT2D eigenvalue weighted by atomic mass is 9.56. The summed E-state index contributed by atoms with van der Waals surface area (Å²) >= 11 is 0. The van der Waals surface area contributed by atoms with E-state index in [0.717, 1.165) is 17.8 Å². The molecule has 0 bridgehead atoms. The fourth-order valence-corrected chi connectivity index (χ4v) is 7.36. The van der Waals surface area contributed by atoms with Gasteiger partial charge in [0.1, 0.15) is 0 Å². The Balaban J connectivity index is 1.58. The van der Waals surface area contributed by atoms with Crippen LogP contribution in [0.4, 0.5) is 0 Å². The lowest BCUT2D eigenvalue weighted by molar-refractivity contribution is 0.176. The van der Waals surface area contributed by atoms with Crippen molar-refractivity contribution >= 4 is 0 Å². The van der Waals surface area contributed by atoms with E-state index in [1.807, 2.05) is 0 Å². The molecule has 4 atom stereocenters. The van der Waals surface area contributed by atoms with Crippen molar-refractivity contribution in [2.45, 2.75) is 81.1 Å². The minimum atomic E-state index is 0.165. The van der Waals surface area contributed by atoms with Gasteiger partial charge in [-0.05, 0) is 78.4 Å². The van der Waals surface area contributed by atoms with Crippen LogP contribution >= 0.6 is 0 Å². The number of hydrogen-bond donors (Lipinski definition) is 0. The third kappa shape index (κ3) is 2.70. The van der Waals surface area contributed by atoms with Crippen molar-refractivity contribution in [3.63, 3.8) is 0 Å². The van der Waals surface area contributed by atoms with Crippen LogP contribution in [0.15, 0.2) is 57.7 Å². The van der Waals surface area contributed by atoms with E-state index in [0.29, 0.717) is 11.3 Å². The number of allylic oxidation sites excluding steroid dienone is 10. The molecule has 4 unspecified atom stereocenters. The molecule has 0 spiro atoms. The SMILES string of the molecule is CC1=CC(C)(C)C2=C(C=C3C=C4C=C5C(CC4C3C2)C(C)CCC5(C)C)C1(C)C. The first-order valence-electron chi connectivity index (χ1n) is 12.0. The van der Waals surface area contributed by atoms with Crippen LogP contribution in [0.25, 0.3) is 0 Å². The quantitative estimate of drug-likeness (QED) is 0.367. The molecule has 1 saturated carbocycles. The third-order valence-corrected chi connectivity index (χ3v) is 9.67. The van der Waals surface area contributed by atoms with Crippen molar-refractivity contribution in [1.82, 2.24) is 0 Å². The molecule has 0 nitrogen and oxygen atoms in total. The van der Waals surface area contributed by atoms with E-state index < -0.39 is 0 Å². The van der Waals surface area contributed by atoms with E-state index in [4.69, 9.17) is 0 Å². The molecule has 0 aromatic rings. The predicted molar refractivity (Wildman–Crippen MR) is 124 cm³/mol. The van der Waals surface area contributed by atoms with Gasteiger partial charge >= 0.3 is 0 Å². The average Bonchev–Trinajstić information content (AvgIpc) is 2.98. The zero-order valence-electron chi connectivity index (χ0n) is 19.9. The normalized spacial score (nSPS) is 38.6. The van der Waals surface area contributed by atoms with Crippen molar-refractivity contribution in [2.75, 3.05) is 0 Å². The van der Waals surface area contributed by atoms with E-state index >= 15 is 0 Å². The second kappa shape index (κ2) is 5.89. The van der Waals surface area contributed by atoms with Gasteiger partial charge in [-0.1, -0.05) is 89.5 Å². The van der Waals surface area contributed by atoms with Gasteiger partial charge in [-0.3, -0.25) is 0 Å². The van der Waals surface area contributed by atoms with Gasteiger partial charge < -0.3 is 0 Å². The molecule has 0 aromatic heterocycles. The zero-order chi connectivity index (χ0) is 20.9. The van der Waals surface area contributed by atoms with Gasteiger partial charge in [0.25, 0.3) is 0 Å². The van der Waals surface area contributed by atoms with Gasteiger partial charge in [-0.25, -0.2) is 0 Å². The summed E-state index contributed by atoms with van der Waals surface area (Å²) in [5.41, 5.74) is 10.6. The molecular formula is C29H40. The van der Waals surface area contributed by atoms with Crippen LogP contribution in [-0.2, 0) is 0 Å². The molecule has 0 amide bonds. The highest BCUT2D eigenvalue weighted by atomic mass is 14.5. The highest BCUT2D eigenvalue weighted by Gasteiger charge is 2.48. The van der Waals surface area contributed by atoms with Crippen LogP contribution in [0.5, 0.6) is 0 Å². The van der Waals surface area contributed by atoms with E-state index in [2.05, 4.69) is 79.7 Å². The Kier molecular flexibility index (Phi) is 3.99. The summed E-state index contributed by atoms with van der Waals surface area (Å²) < 4.78 is 0. The molecule has 29 heavy (non-hydrogen) atoms. The average molecular weight is 389 g/mol. The van der Waals surface area contributed by atoms with Gasteiger partial charge in [0.2, 0.25) is 0 Å². The van der Waals surface area contributed by atoms with E-state index in [1.165, 1.54) is 31.3 Å². The number of rotatable bonds is 0. The van der Waals surface area contributed by atoms with Gasteiger partial charge in [0.05, 0.1) is 0 Å². The Hall–Kier alpha value is -1.30. The largest absolute Gasteiger partial charge is 0.0750 e. The lowest BCUT2D eigenvalue weighted by Gasteiger charge is -2.48. The van der Waals surface area contributed by atoms with Crippen LogP contribution < -0.4 is 0 Å². The molecule has 0 radical (unpaired) electrons. The molecular weight excluding hydrogens is 348 g/mol. The Bertz CT molecular complexity index is 921. The summed E-state index contributed by atoms with van der Waals surface area (Å²) in [6.45, 7) is 19.5. The maximum atomic E-state index is 2.66. The third-order valence-electron chi connectivity index (χ3n) is 9.67. The highest BCUT2D eigenvalue weighted by Crippen LogP contribution is 2.60. The molecule has 1 fully saturated rings. The summed E-state index contributed by atoms with van der Waals surface area (Å²) in [6.07, 6.45) is 15.8. The predicted octanol–water partition coefficient (Wildman–Crippen LogP) is 8.20. The minimum absolute atomic E-state index is 0.165. The van der Waals surface area contributed by atoms with Crippen LogP contribution in [0, 0.1) is 39.9 Å². The second-order valence-electron chi connectivity index (χ2n) is 12.6. The van der Waals surface area contributed by atoms with Crippen molar-refractivity contribution < 1.29 is 0 Å². The lowest BCUT2D eigenvalue weighted by Crippen LogP contribution is -2.37. The topological polar surface area (TPSA) is 0 Å². The summed E-state index contributed by atoms with van der Waals surface area (Å²) in [4.78, 5) is 0. The minimum Gasteiger partial charge on any atom is -0.0750 e. The summed E-state index contributed by atoms with van der Waals surface area (Å²) in [7, 11) is 0. The first-order valence-corrected chi connectivity index (χ1v) is 12.0.